The molecule has 0 saturated carbocycles. The zero-order valence-electron chi connectivity index (χ0n) is 17.5. The van der Waals surface area contributed by atoms with Gasteiger partial charge in [0.05, 0.1) is 28.4 Å². The van der Waals surface area contributed by atoms with E-state index >= 15 is 0 Å². The van der Waals surface area contributed by atoms with Crippen molar-refractivity contribution in [2.24, 2.45) is 0 Å². The number of phenolic OH excluding ortho intramolecular Hbond substituents is 1. The molecule has 28 heavy (non-hydrogen) atoms. The summed E-state index contributed by atoms with van der Waals surface area (Å²) in [7, 11) is 3.64. The lowest BCUT2D eigenvalue weighted by molar-refractivity contribution is 0.323. The van der Waals surface area contributed by atoms with Crippen LogP contribution in [-0.2, 0) is 4.43 Å². The average Bonchev–Trinajstić information content (AvgIpc) is 2.72. The van der Waals surface area contributed by atoms with Gasteiger partial charge in [-0.1, -0.05) is 19.4 Å². The van der Waals surface area contributed by atoms with Gasteiger partial charge in [-0.3, -0.25) is 0 Å². The Morgan fingerprint density at radius 3 is 1.82 bits per heavy atom. The van der Waals surface area contributed by atoms with Gasteiger partial charge >= 0.3 is 0 Å². The van der Waals surface area contributed by atoms with Gasteiger partial charge in [0.2, 0.25) is 5.75 Å². The summed E-state index contributed by atoms with van der Waals surface area (Å²) in [6.07, 6.45) is 0.926. The van der Waals surface area contributed by atoms with E-state index in [1.54, 1.807) is 33.5 Å². The molecule has 2 aromatic rings. The van der Waals surface area contributed by atoms with E-state index < -0.39 is 8.32 Å². The number of benzene rings is 2. The molecule has 0 radical (unpaired) electrons. The zero-order chi connectivity index (χ0) is 20.7. The zero-order valence-corrected chi connectivity index (χ0v) is 18.5. The highest BCUT2D eigenvalue weighted by molar-refractivity contribution is 6.97. The van der Waals surface area contributed by atoms with E-state index in [2.05, 4.69) is 6.92 Å². The minimum atomic E-state index is -2.68. The number of phenols is 1. The van der Waals surface area contributed by atoms with Gasteiger partial charge < -0.3 is 28.5 Å². The van der Waals surface area contributed by atoms with Crippen LogP contribution in [0, 0.1) is 0 Å². The summed E-state index contributed by atoms with van der Waals surface area (Å²) in [6, 6.07) is 10.3. The molecule has 0 heterocycles. The quantitative estimate of drug-likeness (QED) is 0.612. The van der Waals surface area contributed by atoms with E-state index in [4.69, 9.17) is 23.4 Å². The van der Waals surface area contributed by atoms with Crippen LogP contribution in [0.1, 0.15) is 20.3 Å². The first-order chi connectivity index (χ1) is 13.5. The molecule has 0 saturated heterocycles. The van der Waals surface area contributed by atoms with Crippen molar-refractivity contribution in [3.8, 4) is 28.7 Å². The predicted molar refractivity (Wildman–Crippen MR) is 113 cm³/mol. The number of hydrogen-bond acceptors (Lipinski definition) is 6. The van der Waals surface area contributed by atoms with Crippen LogP contribution < -0.4 is 29.3 Å². The van der Waals surface area contributed by atoms with Crippen molar-refractivity contribution < 1.29 is 28.5 Å². The molecule has 1 unspecified atom stereocenters. The van der Waals surface area contributed by atoms with Crippen LogP contribution in [0.5, 0.6) is 28.7 Å². The largest absolute Gasteiger partial charge is 0.504 e. The second-order valence-electron chi connectivity index (χ2n) is 6.31. The minimum Gasteiger partial charge on any atom is -0.504 e. The number of aromatic hydroxyl groups is 1. The molecule has 154 valence electrons. The maximum absolute atomic E-state index is 10.4. The van der Waals surface area contributed by atoms with Crippen LogP contribution in [0.25, 0.3) is 0 Å². The summed E-state index contributed by atoms with van der Waals surface area (Å²) in [5.41, 5.74) is 0. The molecular weight excluding hydrogens is 376 g/mol. The first-order valence-electron chi connectivity index (χ1n) is 9.33. The summed E-state index contributed by atoms with van der Waals surface area (Å²) in [5.74, 6) is 2.25. The van der Waals surface area contributed by atoms with Crippen LogP contribution in [0.15, 0.2) is 30.3 Å². The lowest BCUT2D eigenvalue weighted by atomic mass is 10.3. The monoisotopic (exact) mass is 406 g/mol. The van der Waals surface area contributed by atoms with Crippen LogP contribution >= 0.6 is 0 Å². The van der Waals surface area contributed by atoms with Crippen LogP contribution in [0.2, 0.25) is 6.04 Å². The van der Waals surface area contributed by atoms with Crippen molar-refractivity contribution in [3.05, 3.63) is 30.3 Å². The second kappa shape index (κ2) is 9.70. The Kier molecular flexibility index (Phi) is 7.59. The summed E-state index contributed by atoms with van der Waals surface area (Å²) in [5, 5.41) is 12.4. The molecule has 0 aromatic heterocycles. The summed E-state index contributed by atoms with van der Waals surface area (Å²) in [4.78, 5) is 0. The molecule has 0 fully saturated rings. The minimum absolute atomic E-state index is 0.0973. The Morgan fingerprint density at radius 1 is 0.786 bits per heavy atom. The average molecular weight is 407 g/mol. The third-order valence-corrected chi connectivity index (χ3v) is 9.22. The molecule has 0 aliphatic carbocycles. The van der Waals surface area contributed by atoms with E-state index in [1.807, 2.05) is 25.1 Å². The lowest BCUT2D eigenvalue weighted by Crippen LogP contribution is -2.60. The van der Waals surface area contributed by atoms with Gasteiger partial charge in [-0.15, -0.1) is 0 Å². The van der Waals surface area contributed by atoms with Crippen molar-refractivity contribution in [3.63, 3.8) is 0 Å². The van der Waals surface area contributed by atoms with Gasteiger partial charge in [0.1, 0.15) is 0 Å². The Labute approximate surface area is 168 Å². The third-order valence-electron chi connectivity index (χ3n) is 4.77. The van der Waals surface area contributed by atoms with Crippen molar-refractivity contribution in [2.45, 2.75) is 26.3 Å². The number of ether oxygens (including phenoxy) is 4. The molecule has 0 aliphatic rings. The SMILES string of the molecule is CCC[Si](OCC)(c1ccc(OC)c(O)c1)c1cc(OC)c(OC)c(OC)c1. The molecule has 0 aliphatic heterocycles. The van der Waals surface area contributed by atoms with Crippen LogP contribution in [0.3, 0.4) is 0 Å². The van der Waals surface area contributed by atoms with E-state index in [1.165, 1.54) is 7.11 Å². The fourth-order valence-electron chi connectivity index (χ4n) is 3.55. The Balaban J connectivity index is 2.77. The molecule has 6 nitrogen and oxygen atoms in total. The number of rotatable bonds is 10. The molecule has 2 rings (SSSR count). The van der Waals surface area contributed by atoms with E-state index in [9.17, 15) is 5.11 Å². The fraction of sp³-hybridized carbons (Fsp3) is 0.429. The molecule has 7 heteroatoms. The van der Waals surface area contributed by atoms with Crippen molar-refractivity contribution in [2.75, 3.05) is 35.0 Å². The lowest BCUT2D eigenvalue weighted by Gasteiger charge is -2.33. The fourth-order valence-corrected chi connectivity index (χ4v) is 7.58. The molecule has 0 spiro atoms. The third kappa shape index (κ3) is 4.05. The van der Waals surface area contributed by atoms with Crippen molar-refractivity contribution in [1.82, 2.24) is 0 Å². The van der Waals surface area contributed by atoms with E-state index in [-0.39, 0.29) is 5.75 Å². The highest BCUT2D eigenvalue weighted by Crippen LogP contribution is 2.37. The summed E-state index contributed by atoms with van der Waals surface area (Å²) in [6.45, 7) is 4.66. The van der Waals surface area contributed by atoms with Crippen molar-refractivity contribution >= 4 is 18.7 Å². The Morgan fingerprint density at radius 2 is 1.39 bits per heavy atom. The molecule has 0 bridgehead atoms. The normalized spacial score (nSPS) is 12.9. The van der Waals surface area contributed by atoms with Gasteiger partial charge in [0.25, 0.3) is 8.32 Å². The molecule has 0 amide bonds. The van der Waals surface area contributed by atoms with Gasteiger partial charge in [0, 0.05) is 6.61 Å². The number of hydrogen-bond donors (Lipinski definition) is 1. The van der Waals surface area contributed by atoms with Crippen LogP contribution in [0.4, 0.5) is 0 Å². The van der Waals surface area contributed by atoms with Gasteiger partial charge in [-0.25, -0.2) is 0 Å². The predicted octanol–water partition coefficient (Wildman–Crippen LogP) is 2.93. The van der Waals surface area contributed by atoms with E-state index in [0.717, 1.165) is 22.8 Å². The molecule has 2 aromatic carbocycles. The second-order valence-corrected chi connectivity index (χ2v) is 9.91. The standard InChI is InChI=1S/C21H30O6Si/c1-7-11-28(27-8-2,15-9-10-18(23-3)17(22)12-15)16-13-19(24-4)21(26-6)20(14-16)25-5/h9-10,12-14,22H,7-8,11H2,1-6H3. The maximum Gasteiger partial charge on any atom is 0.256 e. The highest BCUT2D eigenvalue weighted by atomic mass is 28.4. The van der Waals surface area contributed by atoms with Gasteiger partial charge in [-0.05, 0) is 47.6 Å². The Bertz CT molecular complexity index is 761. The first-order valence-corrected chi connectivity index (χ1v) is 11.4. The molecule has 1 atom stereocenters. The van der Waals surface area contributed by atoms with Gasteiger partial charge in [-0.2, -0.15) is 0 Å². The van der Waals surface area contributed by atoms with E-state index in [0.29, 0.717) is 29.6 Å². The summed E-state index contributed by atoms with van der Waals surface area (Å²) < 4.78 is 28.3. The first kappa shape index (κ1) is 21.9. The smallest absolute Gasteiger partial charge is 0.256 e. The van der Waals surface area contributed by atoms with Crippen molar-refractivity contribution in [1.29, 1.82) is 0 Å². The topological polar surface area (TPSA) is 66.4 Å². The van der Waals surface area contributed by atoms with Crippen LogP contribution in [-0.4, -0.2) is 48.5 Å². The maximum atomic E-state index is 10.4. The molecule has 1 N–H and O–H groups in total. The summed E-state index contributed by atoms with van der Waals surface area (Å²) >= 11 is 0. The number of methoxy groups -OCH3 is 4. The Hall–Kier alpha value is -2.38. The highest BCUT2D eigenvalue weighted by Gasteiger charge is 2.40. The molecular formula is C21H30O6Si. The van der Waals surface area contributed by atoms with Gasteiger partial charge in [0.15, 0.2) is 23.0 Å².